The highest BCUT2D eigenvalue weighted by molar-refractivity contribution is 7.87. The fourth-order valence-corrected chi connectivity index (χ4v) is 3.93. The zero-order valence-corrected chi connectivity index (χ0v) is 14.6. The number of fused-ring (bicyclic) bond motifs is 1. The van der Waals surface area contributed by atoms with Gasteiger partial charge < -0.3 is 8.92 Å². The molecule has 124 valence electrons. The molecule has 0 aromatic heterocycles. The smallest absolute Gasteiger partial charge is 0.339 e. The van der Waals surface area contributed by atoms with Crippen molar-refractivity contribution in [2.45, 2.75) is 18.7 Å². The predicted molar refractivity (Wildman–Crippen MR) is 94.2 cm³/mol. The highest BCUT2D eigenvalue weighted by Gasteiger charge is 2.22. The molecule has 0 fully saturated rings. The van der Waals surface area contributed by atoms with Gasteiger partial charge in [0.15, 0.2) is 5.75 Å². The van der Waals surface area contributed by atoms with Crippen LogP contribution in [0.4, 0.5) is 0 Å². The van der Waals surface area contributed by atoms with Crippen LogP contribution in [0.15, 0.2) is 59.5 Å². The molecule has 24 heavy (non-hydrogen) atoms. The molecule has 0 atom stereocenters. The van der Waals surface area contributed by atoms with Crippen LogP contribution in [0.2, 0.25) is 0 Å². The van der Waals surface area contributed by atoms with E-state index in [9.17, 15) is 8.42 Å². The van der Waals surface area contributed by atoms with Gasteiger partial charge in [-0.25, -0.2) is 0 Å². The van der Waals surface area contributed by atoms with Gasteiger partial charge in [-0.15, -0.1) is 0 Å². The molecule has 0 amide bonds. The van der Waals surface area contributed by atoms with Gasteiger partial charge in [0.2, 0.25) is 0 Å². The van der Waals surface area contributed by atoms with Crippen molar-refractivity contribution in [3.8, 4) is 11.5 Å². The fourth-order valence-electron chi connectivity index (χ4n) is 2.68. The third kappa shape index (κ3) is 2.95. The number of aryl methyl sites for hydroxylation is 2. The minimum atomic E-state index is -3.94. The van der Waals surface area contributed by atoms with E-state index >= 15 is 0 Å². The Morgan fingerprint density at radius 3 is 2.29 bits per heavy atom. The van der Waals surface area contributed by atoms with Gasteiger partial charge in [-0.2, -0.15) is 8.42 Å². The maximum absolute atomic E-state index is 12.8. The van der Waals surface area contributed by atoms with Crippen LogP contribution in [0.1, 0.15) is 11.1 Å². The molecule has 3 aromatic carbocycles. The molecule has 0 radical (unpaired) electrons. The summed E-state index contributed by atoms with van der Waals surface area (Å²) in [6, 6.07) is 16.1. The van der Waals surface area contributed by atoms with Gasteiger partial charge in [0, 0.05) is 5.39 Å². The number of hydrogen-bond donors (Lipinski definition) is 0. The topological polar surface area (TPSA) is 52.6 Å². The van der Waals surface area contributed by atoms with Gasteiger partial charge in [-0.3, -0.25) is 0 Å². The van der Waals surface area contributed by atoms with E-state index in [0.717, 1.165) is 16.3 Å². The molecule has 0 saturated carbocycles. The second-order valence-electron chi connectivity index (χ2n) is 5.60. The summed E-state index contributed by atoms with van der Waals surface area (Å²) in [5.74, 6) is 0.970. The first kappa shape index (κ1) is 16.3. The fraction of sp³-hybridized carbons (Fsp3) is 0.158. The molecule has 3 aromatic rings. The zero-order chi connectivity index (χ0) is 17.3. The van der Waals surface area contributed by atoms with Crippen LogP contribution in [0.25, 0.3) is 10.8 Å². The van der Waals surface area contributed by atoms with E-state index in [4.69, 9.17) is 8.92 Å². The van der Waals surface area contributed by atoms with Crippen molar-refractivity contribution in [3.05, 3.63) is 65.7 Å². The molecule has 0 N–H and O–H groups in total. The number of ether oxygens (including phenoxy) is 1. The van der Waals surface area contributed by atoms with Crippen molar-refractivity contribution in [2.24, 2.45) is 0 Å². The summed E-state index contributed by atoms with van der Waals surface area (Å²) >= 11 is 0. The van der Waals surface area contributed by atoms with Crippen molar-refractivity contribution < 1.29 is 17.3 Å². The Kier molecular flexibility index (Phi) is 4.20. The molecule has 0 unspecified atom stereocenters. The maximum Gasteiger partial charge on any atom is 0.339 e. The van der Waals surface area contributed by atoms with Crippen molar-refractivity contribution in [1.29, 1.82) is 0 Å². The summed E-state index contributed by atoms with van der Waals surface area (Å²) in [4.78, 5) is 0.147. The second-order valence-corrected chi connectivity index (χ2v) is 7.12. The first-order chi connectivity index (χ1) is 11.4. The van der Waals surface area contributed by atoms with E-state index in [2.05, 4.69) is 0 Å². The zero-order valence-electron chi connectivity index (χ0n) is 13.7. The van der Waals surface area contributed by atoms with E-state index in [1.807, 2.05) is 30.3 Å². The van der Waals surface area contributed by atoms with E-state index in [1.54, 1.807) is 45.2 Å². The van der Waals surface area contributed by atoms with Gasteiger partial charge in [0.05, 0.1) is 7.11 Å². The van der Waals surface area contributed by atoms with Crippen molar-refractivity contribution in [3.63, 3.8) is 0 Å². The molecule has 0 saturated heterocycles. The first-order valence-corrected chi connectivity index (χ1v) is 8.90. The van der Waals surface area contributed by atoms with Crippen LogP contribution < -0.4 is 8.92 Å². The minimum absolute atomic E-state index is 0.147. The van der Waals surface area contributed by atoms with Crippen molar-refractivity contribution in [2.75, 3.05) is 7.11 Å². The number of hydrogen-bond acceptors (Lipinski definition) is 4. The third-order valence-corrected chi connectivity index (χ3v) is 5.29. The summed E-state index contributed by atoms with van der Waals surface area (Å²) in [5.41, 5.74) is 1.32. The average Bonchev–Trinajstić information content (AvgIpc) is 2.56. The molecule has 3 rings (SSSR count). The van der Waals surface area contributed by atoms with Gasteiger partial charge >= 0.3 is 10.1 Å². The summed E-state index contributed by atoms with van der Waals surface area (Å²) in [7, 11) is -2.38. The van der Waals surface area contributed by atoms with Crippen LogP contribution in [-0.4, -0.2) is 15.5 Å². The van der Waals surface area contributed by atoms with Gasteiger partial charge in [0.25, 0.3) is 0 Å². The van der Waals surface area contributed by atoms with E-state index < -0.39 is 10.1 Å². The summed E-state index contributed by atoms with van der Waals surface area (Å²) in [6.45, 7) is 3.52. The first-order valence-electron chi connectivity index (χ1n) is 7.50. The molecule has 0 spiro atoms. The van der Waals surface area contributed by atoms with Gasteiger partial charge in [0.1, 0.15) is 10.6 Å². The highest BCUT2D eigenvalue weighted by Crippen LogP contribution is 2.31. The lowest BCUT2D eigenvalue weighted by Crippen LogP contribution is -2.12. The Balaban J connectivity index is 2.07. The van der Waals surface area contributed by atoms with Crippen molar-refractivity contribution in [1.82, 2.24) is 0 Å². The van der Waals surface area contributed by atoms with Gasteiger partial charge in [-0.1, -0.05) is 36.4 Å². The molecular formula is C19H18O4S. The molecule has 0 bridgehead atoms. The number of rotatable bonds is 4. The molecule has 4 nitrogen and oxygen atoms in total. The van der Waals surface area contributed by atoms with Crippen LogP contribution in [0, 0.1) is 13.8 Å². The molecule has 0 aliphatic carbocycles. The molecule has 0 aliphatic heterocycles. The molecular weight excluding hydrogens is 324 g/mol. The van der Waals surface area contributed by atoms with Crippen LogP contribution in [-0.2, 0) is 10.1 Å². The predicted octanol–water partition coefficient (Wildman–Crippen LogP) is 4.23. The van der Waals surface area contributed by atoms with E-state index in [0.29, 0.717) is 17.1 Å². The van der Waals surface area contributed by atoms with Crippen molar-refractivity contribution >= 4 is 20.9 Å². The summed E-state index contributed by atoms with van der Waals surface area (Å²) in [5, 5.41) is 1.68. The Hall–Kier alpha value is -2.53. The molecule has 5 heteroatoms. The standard InChI is InChI=1S/C19H18O4S/c1-13-12-19(14(2)11-18(13)22-3)24(20,21)23-17-10-6-8-15-7-4-5-9-16(15)17/h4-12H,1-3H3. The lowest BCUT2D eigenvalue weighted by atomic mass is 10.1. The van der Waals surface area contributed by atoms with Gasteiger partial charge in [-0.05, 0) is 48.6 Å². The Morgan fingerprint density at radius 2 is 1.54 bits per heavy atom. The van der Waals surface area contributed by atoms with Crippen LogP contribution in [0.5, 0.6) is 11.5 Å². The third-order valence-electron chi connectivity index (χ3n) is 3.91. The second kappa shape index (κ2) is 6.17. The molecule has 0 aliphatic rings. The average molecular weight is 342 g/mol. The maximum atomic E-state index is 12.8. The Labute approximate surface area is 141 Å². The normalized spacial score (nSPS) is 11.5. The number of benzene rings is 3. The monoisotopic (exact) mass is 342 g/mol. The molecule has 0 heterocycles. The highest BCUT2D eigenvalue weighted by atomic mass is 32.2. The Bertz CT molecular complexity index is 1000. The quantitative estimate of drug-likeness (QED) is 0.666. The minimum Gasteiger partial charge on any atom is -0.496 e. The van der Waals surface area contributed by atoms with E-state index in [-0.39, 0.29) is 4.90 Å². The number of methoxy groups -OCH3 is 1. The lowest BCUT2D eigenvalue weighted by Gasteiger charge is -2.13. The SMILES string of the molecule is COc1cc(C)c(S(=O)(=O)Oc2cccc3ccccc23)cc1C. The van der Waals surface area contributed by atoms with E-state index in [1.165, 1.54) is 0 Å². The van der Waals surface area contributed by atoms with Crippen LogP contribution >= 0.6 is 0 Å². The lowest BCUT2D eigenvalue weighted by molar-refractivity contribution is 0.410. The largest absolute Gasteiger partial charge is 0.496 e. The Morgan fingerprint density at radius 1 is 0.833 bits per heavy atom. The summed E-state index contributed by atoms with van der Waals surface area (Å²) < 4.78 is 36.2. The van der Waals surface area contributed by atoms with Crippen LogP contribution in [0.3, 0.4) is 0 Å². The summed E-state index contributed by atoms with van der Waals surface area (Å²) in [6.07, 6.45) is 0.